The summed E-state index contributed by atoms with van der Waals surface area (Å²) in [5.41, 5.74) is 4.53. The SMILES string of the molecule is Cc1cc(C)nc(C2CCN(C(=O)c3n[nH]c4c3C[C@@H](C)O[C@H]4C)CC2)n1. The molecule has 0 spiro atoms. The second kappa shape index (κ2) is 7.03. The van der Waals surface area contributed by atoms with Gasteiger partial charge < -0.3 is 9.64 Å². The van der Waals surface area contributed by atoms with E-state index in [1.807, 2.05) is 38.7 Å². The average Bonchev–Trinajstić information content (AvgIpc) is 3.04. The summed E-state index contributed by atoms with van der Waals surface area (Å²) in [6.45, 7) is 9.46. The fourth-order valence-corrected chi connectivity index (χ4v) is 4.28. The number of ether oxygens (including phenoxy) is 1. The van der Waals surface area contributed by atoms with Crippen LogP contribution in [-0.2, 0) is 11.2 Å². The zero-order valence-electron chi connectivity index (χ0n) is 16.5. The highest BCUT2D eigenvalue weighted by Crippen LogP contribution is 2.32. The first-order chi connectivity index (χ1) is 12.9. The van der Waals surface area contributed by atoms with Crippen LogP contribution in [0.3, 0.4) is 0 Å². The highest BCUT2D eigenvalue weighted by atomic mass is 16.5. The fraction of sp³-hybridized carbons (Fsp3) is 0.600. The minimum absolute atomic E-state index is 0.0218. The summed E-state index contributed by atoms with van der Waals surface area (Å²) in [5, 5.41) is 7.36. The van der Waals surface area contributed by atoms with E-state index in [4.69, 9.17) is 4.74 Å². The molecule has 0 aromatic carbocycles. The van der Waals surface area contributed by atoms with E-state index < -0.39 is 0 Å². The van der Waals surface area contributed by atoms with E-state index in [1.165, 1.54) is 0 Å². The van der Waals surface area contributed by atoms with E-state index >= 15 is 0 Å². The number of carbonyl (C=O) groups is 1. The van der Waals surface area contributed by atoms with Crippen molar-refractivity contribution in [2.24, 2.45) is 0 Å². The maximum Gasteiger partial charge on any atom is 0.274 e. The van der Waals surface area contributed by atoms with Gasteiger partial charge in [0.15, 0.2) is 5.69 Å². The molecule has 1 saturated heterocycles. The van der Waals surface area contributed by atoms with Crippen LogP contribution < -0.4 is 0 Å². The number of aromatic nitrogens is 4. The van der Waals surface area contributed by atoms with Gasteiger partial charge in [0.25, 0.3) is 5.91 Å². The van der Waals surface area contributed by atoms with Gasteiger partial charge in [-0.15, -0.1) is 0 Å². The normalized spacial score (nSPS) is 23.3. The van der Waals surface area contributed by atoms with Crippen molar-refractivity contribution in [2.75, 3.05) is 13.1 Å². The Bertz CT molecular complexity index is 834. The van der Waals surface area contributed by atoms with Gasteiger partial charge in [-0.1, -0.05) is 0 Å². The topological polar surface area (TPSA) is 84.0 Å². The minimum atomic E-state index is -0.0507. The summed E-state index contributed by atoms with van der Waals surface area (Å²) in [6, 6.07) is 1.99. The number of carbonyl (C=O) groups excluding carboxylic acids is 1. The summed E-state index contributed by atoms with van der Waals surface area (Å²) < 4.78 is 5.82. The Labute approximate surface area is 159 Å². The molecule has 27 heavy (non-hydrogen) atoms. The molecular formula is C20H27N5O2. The minimum Gasteiger partial charge on any atom is -0.369 e. The number of H-pyrrole nitrogens is 1. The molecule has 0 unspecified atom stereocenters. The molecule has 2 aliphatic rings. The van der Waals surface area contributed by atoms with E-state index in [2.05, 4.69) is 20.2 Å². The van der Waals surface area contributed by atoms with Crippen LogP contribution >= 0.6 is 0 Å². The second-order valence-corrected chi connectivity index (χ2v) is 7.83. The predicted octanol–water partition coefficient (Wildman–Crippen LogP) is 2.86. The zero-order valence-corrected chi connectivity index (χ0v) is 16.5. The standard InChI is InChI=1S/C20H27N5O2/c1-11-9-12(2)22-19(21-11)15-5-7-25(8-6-15)20(26)18-16-10-13(3)27-14(4)17(16)23-24-18/h9,13-15H,5-8,10H2,1-4H3,(H,23,24)/t13-,14+/m1/s1. The van der Waals surface area contributed by atoms with Gasteiger partial charge in [-0.2, -0.15) is 5.10 Å². The maximum absolute atomic E-state index is 13.1. The Kier molecular flexibility index (Phi) is 4.72. The van der Waals surface area contributed by atoms with Gasteiger partial charge in [-0.25, -0.2) is 9.97 Å². The van der Waals surface area contributed by atoms with Crippen molar-refractivity contribution in [3.63, 3.8) is 0 Å². The number of likely N-dealkylation sites (tertiary alicyclic amines) is 1. The van der Waals surface area contributed by atoms with Crippen molar-refractivity contribution in [3.05, 3.63) is 40.2 Å². The van der Waals surface area contributed by atoms with Crippen LogP contribution in [0.2, 0.25) is 0 Å². The Morgan fingerprint density at radius 1 is 1.19 bits per heavy atom. The van der Waals surface area contributed by atoms with Gasteiger partial charge in [0.2, 0.25) is 0 Å². The van der Waals surface area contributed by atoms with E-state index in [0.717, 1.165) is 47.7 Å². The quantitative estimate of drug-likeness (QED) is 0.880. The lowest BCUT2D eigenvalue weighted by Crippen LogP contribution is -2.39. The third kappa shape index (κ3) is 3.48. The lowest BCUT2D eigenvalue weighted by molar-refractivity contribution is -0.00703. The van der Waals surface area contributed by atoms with E-state index in [9.17, 15) is 4.79 Å². The van der Waals surface area contributed by atoms with Gasteiger partial charge in [-0.05, 0) is 46.6 Å². The first kappa shape index (κ1) is 18.1. The van der Waals surface area contributed by atoms with Crippen molar-refractivity contribution in [2.45, 2.75) is 65.1 Å². The first-order valence-electron chi connectivity index (χ1n) is 9.76. The Morgan fingerprint density at radius 3 is 2.52 bits per heavy atom. The number of aromatic amines is 1. The first-order valence-corrected chi connectivity index (χ1v) is 9.76. The molecule has 1 amide bonds. The summed E-state index contributed by atoms with van der Waals surface area (Å²) >= 11 is 0. The molecule has 0 saturated carbocycles. The number of amides is 1. The maximum atomic E-state index is 13.1. The highest BCUT2D eigenvalue weighted by molar-refractivity contribution is 5.94. The van der Waals surface area contributed by atoms with Crippen LogP contribution in [0.1, 0.15) is 77.7 Å². The van der Waals surface area contributed by atoms with Crippen molar-refractivity contribution >= 4 is 5.91 Å². The molecule has 7 nitrogen and oxygen atoms in total. The van der Waals surface area contributed by atoms with Crippen molar-refractivity contribution < 1.29 is 9.53 Å². The summed E-state index contributed by atoms with van der Waals surface area (Å²) in [6.07, 6.45) is 2.55. The van der Waals surface area contributed by atoms with Crippen LogP contribution in [0.25, 0.3) is 0 Å². The fourth-order valence-electron chi connectivity index (χ4n) is 4.28. The van der Waals surface area contributed by atoms with E-state index in [1.54, 1.807) is 0 Å². The molecule has 2 aliphatic heterocycles. The van der Waals surface area contributed by atoms with Crippen LogP contribution in [0.15, 0.2) is 6.07 Å². The molecule has 1 N–H and O–H groups in total. The number of aryl methyl sites for hydroxylation is 2. The van der Waals surface area contributed by atoms with Crippen molar-refractivity contribution in [1.82, 2.24) is 25.1 Å². The Morgan fingerprint density at radius 2 is 1.85 bits per heavy atom. The summed E-state index contributed by atoms with van der Waals surface area (Å²) in [5.74, 6) is 1.25. The van der Waals surface area contributed by atoms with Crippen LogP contribution in [0.5, 0.6) is 0 Å². The molecular weight excluding hydrogens is 342 g/mol. The van der Waals surface area contributed by atoms with E-state index in [-0.39, 0.29) is 18.1 Å². The van der Waals surface area contributed by atoms with Crippen molar-refractivity contribution in [3.8, 4) is 0 Å². The largest absolute Gasteiger partial charge is 0.369 e. The zero-order chi connectivity index (χ0) is 19.1. The van der Waals surface area contributed by atoms with Gasteiger partial charge in [0.1, 0.15) is 5.82 Å². The molecule has 0 bridgehead atoms. The van der Waals surface area contributed by atoms with Gasteiger partial charge >= 0.3 is 0 Å². The molecule has 1 fully saturated rings. The monoisotopic (exact) mass is 369 g/mol. The Hall–Kier alpha value is -2.28. The lowest BCUT2D eigenvalue weighted by atomic mass is 9.94. The molecule has 7 heteroatoms. The van der Waals surface area contributed by atoms with Crippen molar-refractivity contribution in [1.29, 1.82) is 0 Å². The van der Waals surface area contributed by atoms with Crippen LogP contribution in [0.4, 0.5) is 0 Å². The number of hydrogen-bond donors (Lipinski definition) is 1. The molecule has 0 aliphatic carbocycles. The lowest BCUT2D eigenvalue weighted by Gasteiger charge is -2.31. The average molecular weight is 369 g/mol. The molecule has 0 radical (unpaired) electrons. The summed E-state index contributed by atoms with van der Waals surface area (Å²) in [7, 11) is 0. The Balaban J connectivity index is 1.47. The molecule has 4 rings (SSSR count). The van der Waals surface area contributed by atoms with Gasteiger partial charge in [0.05, 0.1) is 17.9 Å². The second-order valence-electron chi connectivity index (χ2n) is 7.83. The van der Waals surface area contributed by atoms with Crippen LogP contribution in [-0.4, -0.2) is 50.2 Å². The molecule has 2 aromatic rings. The number of nitrogens with zero attached hydrogens (tertiary/aromatic N) is 4. The smallest absolute Gasteiger partial charge is 0.274 e. The third-order valence-corrected chi connectivity index (χ3v) is 5.58. The highest BCUT2D eigenvalue weighted by Gasteiger charge is 2.33. The van der Waals surface area contributed by atoms with Crippen LogP contribution in [0, 0.1) is 13.8 Å². The molecule has 144 valence electrons. The molecule has 2 atom stereocenters. The number of nitrogens with one attached hydrogen (secondary N) is 1. The third-order valence-electron chi connectivity index (χ3n) is 5.58. The number of hydrogen-bond acceptors (Lipinski definition) is 5. The molecule has 4 heterocycles. The van der Waals surface area contributed by atoms with Gasteiger partial charge in [-0.3, -0.25) is 9.89 Å². The predicted molar refractivity (Wildman–Crippen MR) is 101 cm³/mol. The summed E-state index contributed by atoms with van der Waals surface area (Å²) in [4.78, 5) is 24.2. The number of fused-ring (bicyclic) bond motifs is 1. The van der Waals surface area contributed by atoms with E-state index in [0.29, 0.717) is 24.7 Å². The molecule has 2 aromatic heterocycles. The number of piperidine rings is 1. The van der Waals surface area contributed by atoms with Gasteiger partial charge in [0, 0.05) is 42.4 Å². The number of rotatable bonds is 2.